The number of halogens is 4. The van der Waals surface area contributed by atoms with Gasteiger partial charge in [0.15, 0.2) is 0 Å². The predicted molar refractivity (Wildman–Crippen MR) is 138 cm³/mol. The Kier molecular flexibility index (Phi) is 8.49. The standard InChI is InChI=1S/C25H21FN4S.C2HF3O2/c26-20-5-6-21-22(15-20)30-25(29-21)24-8-7-23(31-24)19-3-1-18(2-4-19)16-28-14-11-17-9-12-27-13-10-17;3-2(4,5)1(6)7/h1-10,12-13,15,28H,11,14,16H2,(H,29,30);(H,6,7). The van der Waals surface area contributed by atoms with Crippen LogP contribution in [0.4, 0.5) is 17.6 Å². The van der Waals surface area contributed by atoms with Crippen molar-refractivity contribution in [2.24, 2.45) is 0 Å². The molecule has 5 rings (SSSR count). The van der Waals surface area contributed by atoms with Crippen molar-refractivity contribution in [3.63, 3.8) is 0 Å². The third-order valence-corrected chi connectivity index (χ3v) is 6.57. The lowest BCUT2D eigenvalue weighted by Gasteiger charge is -2.06. The first-order chi connectivity index (χ1) is 18.2. The molecule has 0 bridgehead atoms. The molecule has 3 N–H and O–H groups in total. The van der Waals surface area contributed by atoms with Crippen LogP contribution in [0.15, 0.2) is 79.1 Å². The number of nitrogens with one attached hydrogen (secondary N) is 2. The topological polar surface area (TPSA) is 90.9 Å². The molecule has 6 nitrogen and oxygen atoms in total. The summed E-state index contributed by atoms with van der Waals surface area (Å²) in [6.45, 7) is 1.78. The fourth-order valence-corrected chi connectivity index (χ4v) is 4.48. The van der Waals surface area contributed by atoms with E-state index >= 15 is 0 Å². The van der Waals surface area contributed by atoms with Crippen LogP contribution in [0.3, 0.4) is 0 Å². The number of carboxylic acid groups (broad SMARTS) is 1. The van der Waals surface area contributed by atoms with E-state index in [4.69, 9.17) is 9.90 Å². The van der Waals surface area contributed by atoms with Gasteiger partial charge in [0, 0.05) is 23.8 Å². The Morgan fingerprint density at radius 3 is 2.32 bits per heavy atom. The summed E-state index contributed by atoms with van der Waals surface area (Å²) in [6.07, 6.45) is -0.427. The van der Waals surface area contributed by atoms with Crippen molar-refractivity contribution >= 4 is 28.3 Å². The first-order valence-electron chi connectivity index (χ1n) is 11.4. The summed E-state index contributed by atoms with van der Waals surface area (Å²) in [4.78, 5) is 23.0. The van der Waals surface area contributed by atoms with Crippen molar-refractivity contribution in [2.75, 3.05) is 6.54 Å². The summed E-state index contributed by atoms with van der Waals surface area (Å²) in [5.74, 6) is -2.25. The van der Waals surface area contributed by atoms with E-state index in [0.717, 1.165) is 35.7 Å². The number of aromatic nitrogens is 3. The third-order valence-electron chi connectivity index (χ3n) is 5.43. The molecular weight excluding hydrogens is 520 g/mol. The number of alkyl halides is 3. The Morgan fingerprint density at radius 1 is 0.947 bits per heavy atom. The van der Waals surface area contributed by atoms with Crippen LogP contribution < -0.4 is 5.32 Å². The van der Waals surface area contributed by atoms with E-state index in [1.165, 1.54) is 33.7 Å². The number of pyridine rings is 1. The van der Waals surface area contributed by atoms with E-state index in [9.17, 15) is 17.6 Å². The third kappa shape index (κ3) is 7.24. The number of nitrogens with zero attached hydrogens (tertiary/aromatic N) is 2. The van der Waals surface area contributed by atoms with Crippen molar-refractivity contribution in [1.82, 2.24) is 20.3 Å². The van der Waals surface area contributed by atoms with E-state index in [1.807, 2.05) is 12.4 Å². The maximum absolute atomic E-state index is 13.4. The van der Waals surface area contributed by atoms with Gasteiger partial charge in [0.05, 0.1) is 15.9 Å². The molecule has 196 valence electrons. The second kappa shape index (κ2) is 12.0. The van der Waals surface area contributed by atoms with Crippen molar-refractivity contribution < 1.29 is 27.5 Å². The Labute approximate surface area is 219 Å². The van der Waals surface area contributed by atoms with Gasteiger partial charge in [-0.15, -0.1) is 11.3 Å². The van der Waals surface area contributed by atoms with Crippen LogP contribution >= 0.6 is 11.3 Å². The zero-order valence-electron chi connectivity index (χ0n) is 19.8. The van der Waals surface area contributed by atoms with E-state index in [1.54, 1.807) is 17.4 Å². The second-order valence-electron chi connectivity index (χ2n) is 8.19. The number of hydrogen-bond acceptors (Lipinski definition) is 5. The van der Waals surface area contributed by atoms with Crippen LogP contribution in [0.25, 0.3) is 32.2 Å². The number of H-pyrrole nitrogens is 1. The van der Waals surface area contributed by atoms with Crippen LogP contribution in [0, 0.1) is 5.82 Å². The average Bonchev–Trinajstić information content (AvgIpc) is 3.55. The molecule has 0 fully saturated rings. The Balaban J connectivity index is 0.000000426. The van der Waals surface area contributed by atoms with E-state index in [0.29, 0.717) is 5.52 Å². The molecule has 0 aliphatic carbocycles. The van der Waals surface area contributed by atoms with E-state index < -0.39 is 12.1 Å². The first kappa shape index (κ1) is 27.0. The molecule has 0 atom stereocenters. The molecule has 0 radical (unpaired) electrons. The number of fused-ring (bicyclic) bond motifs is 1. The van der Waals surface area contributed by atoms with Crippen LogP contribution in [-0.2, 0) is 17.8 Å². The average molecular weight is 543 g/mol. The Bertz CT molecular complexity index is 1500. The molecule has 5 aromatic rings. The highest BCUT2D eigenvalue weighted by Gasteiger charge is 2.38. The SMILES string of the molecule is Fc1ccc2nc(-c3ccc(-c4ccc(CNCCc5ccncc5)cc4)s3)[nH]c2c1.O=C(O)C(F)(F)F. The van der Waals surface area contributed by atoms with Crippen LogP contribution in [-0.4, -0.2) is 38.7 Å². The molecule has 0 aliphatic heterocycles. The normalized spacial score (nSPS) is 11.3. The van der Waals surface area contributed by atoms with Gasteiger partial charge in [0.2, 0.25) is 0 Å². The fraction of sp³-hybridized carbons (Fsp3) is 0.148. The van der Waals surface area contributed by atoms with Gasteiger partial charge >= 0.3 is 12.1 Å². The molecule has 0 aliphatic rings. The van der Waals surface area contributed by atoms with Crippen molar-refractivity contribution in [1.29, 1.82) is 0 Å². The van der Waals surface area contributed by atoms with Crippen molar-refractivity contribution in [2.45, 2.75) is 19.1 Å². The van der Waals surface area contributed by atoms with Crippen molar-refractivity contribution in [3.8, 4) is 21.1 Å². The molecule has 38 heavy (non-hydrogen) atoms. The van der Waals surface area contributed by atoms with E-state index in [-0.39, 0.29) is 5.82 Å². The summed E-state index contributed by atoms with van der Waals surface area (Å²) in [5.41, 5.74) is 5.22. The van der Waals surface area contributed by atoms with Gasteiger partial charge < -0.3 is 15.4 Å². The number of rotatable bonds is 7. The molecule has 0 saturated carbocycles. The van der Waals surface area contributed by atoms with E-state index in [2.05, 4.69) is 68.8 Å². The second-order valence-corrected chi connectivity index (χ2v) is 9.28. The minimum absolute atomic E-state index is 0.262. The molecule has 3 aromatic heterocycles. The number of carbonyl (C=O) groups is 1. The summed E-state index contributed by atoms with van der Waals surface area (Å²) in [7, 11) is 0. The number of carboxylic acids is 1. The van der Waals surface area contributed by atoms with Gasteiger partial charge in [-0.25, -0.2) is 14.2 Å². The lowest BCUT2D eigenvalue weighted by atomic mass is 10.1. The molecule has 0 amide bonds. The highest BCUT2D eigenvalue weighted by atomic mass is 32.1. The van der Waals surface area contributed by atoms with Gasteiger partial charge in [-0.05, 0) is 72.1 Å². The number of thiophene rings is 1. The molecule has 3 heterocycles. The quantitative estimate of drug-likeness (QED) is 0.162. The Morgan fingerprint density at radius 2 is 1.63 bits per heavy atom. The monoisotopic (exact) mass is 542 g/mol. The summed E-state index contributed by atoms with van der Waals surface area (Å²) in [5, 5.41) is 10.6. The van der Waals surface area contributed by atoms with Gasteiger partial charge in [-0.3, -0.25) is 4.98 Å². The van der Waals surface area contributed by atoms with Crippen LogP contribution in [0.2, 0.25) is 0 Å². The fourth-order valence-electron chi connectivity index (χ4n) is 3.52. The summed E-state index contributed by atoms with van der Waals surface area (Å²) in [6, 6.07) is 21.5. The van der Waals surface area contributed by atoms with Crippen molar-refractivity contribution in [3.05, 3.63) is 96.1 Å². The minimum Gasteiger partial charge on any atom is -0.475 e. The van der Waals surface area contributed by atoms with Gasteiger partial charge in [-0.1, -0.05) is 24.3 Å². The largest absolute Gasteiger partial charge is 0.490 e. The van der Waals surface area contributed by atoms with Crippen LogP contribution in [0.1, 0.15) is 11.1 Å². The molecule has 0 spiro atoms. The first-order valence-corrected chi connectivity index (χ1v) is 12.3. The summed E-state index contributed by atoms with van der Waals surface area (Å²) < 4.78 is 45.2. The molecule has 11 heteroatoms. The molecular formula is C27H22F4N4O2S. The van der Waals surface area contributed by atoms with Gasteiger partial charge in [0.1, 0.15) is 11.6 Å². The van der Waals surface area contributed by atoms with Gasteiger partial charge in [0.25, 0.3) is 0 Å². The number of benzene rings is 2. The molecule has 0 saturated heterocycles. The highest BCUT2D eigenvalue weighted by molar-refractivity contribution is 7.18. The number of hydrogen-bond donors (Lipinski definition) is 3. The lowest BCUT2D eigenvalue weighted by molar-refractivity contribution is -0.192. The molecule has 2 aromatic carbocycles. The predicted octanol–water partition coefficient (Wildman–Crippen LogP) is 6.46. The maximum Gasteiger partial charge on any atom is 0.490 e. The number of aromatic amines is 1. The number of imidazole rings is 1. The lowest BCUT2D eigenvalue weighted by Crippen LogP contribution is -2.21. The number of aliphatic carboxylic acids is 1. The maximum atomic E-state index is 13.4. The Hall–Kier alpha value is -4.09. The summed E-state index contributed by atoms with van der Waals surface area (Å²) >= 11 is 1.68. The minimum atomic E-state index is -5.08. The highest BCUT2D eigenvalue weighted by Crippen LogP contribution is 2.34. The smallest absolute Gasteiger partial charge is 0.475 e. The zero-order chi connectivity index (χ0) is 27.1. The zero-order valence-corrected chi connectivity index (χ0v) is 20.6. The molecule has 0 unspecified atom stereocenters. The van der Waals surface area contributed by atoms with Gasteiger partial charge in [-0.2, -0.15) is 13.2 Å². The van der Waals surface area contributed by atoms with Crippen LogP contribution in [0.5, 0.6) is 0 Å².